The van der Waals surface area contributed by atoms with Crippen LogP contribution in [-0.4, -0.2) is 81.4 Å². The van der Waals surface area contributed by atoms with E-state index in [0.717, 1.165) is 32.0 Å². The molecule has 0 unspecified atom stereocenters. The van der Waals surface area contributed by atoms with Gasteiger partial charge in [0.2, 0.25) is 5.91 Å². The molecule has 3 aliphatic rings. The van der Waals surface area contributed by atoms with Crippen molar-refractivity contribution in [2.45, 2.75) is 44.1 Å². The van der Waals surface area contributed by atoms with E-state index in [2.05, 4.69) is 10.6 Å². The molecule has 0 saturated carbocycles. The molecule has 10 heteroatoms. The molecule has 192 valence electrons. The van der Waals surface area contributed by atoms with Gasteiger partial charge in [-0.05, 0) is 69.3 Å². The van der Waals surface area contributed by atoms with Gasteiger partial charge in [0.05, 0.1) is 22.9 Å². The molecular weight excluding hydrogens is 472 g/mol. The van der Waals surface area contributed by atoms with Crippen molar-refractivity contribution >= 4 is 35.1 Å². The summed E-state index contributed by atoms with van der Waals surface area (Å²) in [6.07, 6.45) is 5.07. The number of piperidine rings is 2. The zero-order chi connectivity index (χ0) is 24.8. The second kappa shape index (κ2) is 11.7. The summed E-state index contributed by atoms with van der Waals surface area (Å²) in [5, 5.41) is 6.03. The molecule has 0 spiro atoms. The highest BCUT2D eigenvalue weighted by Crippen LogP contribution is 2.31. The number of likely N-dealkylation sites (tertiary alicyclic amines) is 1. The van der Waals surface area contributed by atoms with Gasteiger partial charge in [0.15, 0.2) is 0 Å². The van der Waals surface area contributed by atoms with Crippen LogP contribution in [0.3, 0.4) is 0 Å². The number of ether oxygens (including phenoxy) is 2. The van der Waals surface area contributed by atoms with Crippen molar-refractivity contribution in [2.24, 2.45) is 5.92 Å². The second-order valence-corrected chi connectivity index (χ2v) is 10.0. The number of carbonyl (C=O) groups is 3. The summed E-state index contributed by atoms with van der Waals surface area (Å²) < 4.78 is 11.9. The molecule has 0 aromatic heterocycles. The maximum Gasteiger partial charge on any atom is 0.328 e. The van der Waals surface area contributed by atoms with E-state index in [4.69, 9.17) is 21.1 Å². The highest BCUT2D eigenvalue weighted by atomic mass is 35.5. The summed E-state index contributed by atoms with van der Waals surface area (Å²) in [4.78, 5) is 40.2. The summed E-state index contributed by atoms with van der Waals surface area (Å²) in [5.74, 6) is 0.294. The molecule has 3 fully saturated rings. The first-order valence-corrected chi connectivity index (χ1v) is 12.8. The number of nitrogens with one attached hydrogen (secondary N) is 2. The molecule has 9 nitrogen and oxygen atoms in total. The molecule has 4 rings (SSSR count). The molecule has 0 bridgehead atoms. The van der Waals surface area contributed by atoms with Crippen LogP contribution in [0, 0.1) is 5.92 Å². The van der Waals surface area contributed by atoms with Gasteiger partial charge in [0.25, 0.3) is 5.91 Å². The Morgan fingerprint density at radius 1 is 1.17 bits per heavy atom. The Labute approximate surface area is 211 Å². The number of rotatable bonds is 8. The fraction of sp³-hybridized carbons (Fsp3) is 0.640. The number of carbonyl (C=O) groups excluding carboxylic acids is 3. The summed E-state index contributed by atoms with van der Waals surface area (Å²) >= 11 is 6.32. The number of methoxy groups -OCH3 is 1. The lowest BCUT2D eigenvalue weighted by atomic mass is 9.91. The number of nitrogens with zero attached hydrogens (tertiary/aromatic N) is 2. The Morgan fingerprint density at radius 3 is 2.60 bits per heavy atom. The van der Waals surface area contributed by atoms with Crippen molar-refractivity contribution < 1.29 is 23.9 Å². The van der Waals surface area contributed by atoms with Gasteiger partial charge in [0, 0.05) is 45.3 Å². The minimum absolute atomic E-state index is 0.118. The maximum absolute atomic E-state index is 13.2. The van der Waals surface area contributed by atoms with Gasteiger partial charge in [0.1, 0.15) is 0 Å². The third-order valence-electron chi connectivity index (χ3n) is 7.43. The van der Waals surface area contributed by atoms with Crippen molar-refractivity contribution in [1.82, 2.24) is 15.5 Å². The van der Waals surface area contributed by atoms with E-state index in [1.807, 2.05) is 0 Å². The van der Waals surface area contributed by atoms with Gasteiger partial charge in [-0.15, -0.1) is 0 Å². The van der Waals surface area contributed by atoms with E-state index in [0.29, 0.717) is 48.8 Å². The SMILES string of the molecule is COC1(COCCC2CCNCC2)CCN(C(=O)c2ccc(Cl)c(N3CCC(=O)NC3=O)c2)CC1. The molecule has 3 aliphatic heterocycles. The zero-order valence-electron chi connectivity index (χ0n) is 20.3. The summed E-state index contributed by atoms with van der Waals surface area (Å²) in [6.45, 7) is 4.79. The lowest BCUT2D eigenvalue weighted by molar-refractivity contribution is -0.120. The fourth-order valence-corrected chi connectivity index (χ4v) is 5.25. The number of imide groups is 1. The number of anilines is 1. The summed E-state index contributed by atoms with van der Waals surface area (Å²) in [7, 11) is 1.72. The van der Waals surface area contributed by atoms with Gasteiger partial charge in [-0.2, -0.15) is 0 Å². The first-order chi connectivity index (χ1) is 16.9. The van der Waals surface area contributed by atoms with Crippen LogP contribution in [0.25, 0.3) is 0 Å². The predicted molar refractivity (Wildman–Crippen MR) is 133 cm³/mol. The number of hydrogen-bond acceptors (Lipinski definition) is 6. The van der Waals surface area contributed by atoms with Gasteiger partial charge in [-0.25, -0.2) is 4.79 Å². The van der Waals surface area contributed by atoms with Crippen LogP contribution in [0.15, 0.2) is 18.2 Å². The van der Waals surface area contributed by atoms with Gasteiger partial charge < -0.3 is 19.7 Å². The number of halogens is 1. The molecule has 4 amide bonds. The highest BCUT2D eigenvalue weighted by Gasteiger charge is 2.37. The predicted octanol–water partition coefficient (Wildman–Crippen LogP) is 2.81. The van der Waals surface area contributed by atoms with Gasteiger partial charge in [-0.1, -0.05) is 11.6 Å². The molecule has 3 saturated heterocycles. The molecule has 1 aromatic rings. The third-order valence-corrected chi connectivity index (χ3v) is 7.75. The summed E-state index contributed by atoms with van der Waals surface area (Å²) in [6, 6.07) is 4.38. The van der Waals surface area contributed by atoms with Crippen LogP contribution < -0.4 is 15.5 Å². The van der Waals surface area contributed by atoms with Crippen LogP contribution in [0.4, 0.5) is 10.5 Å². The van der Waals surface area contributed by atoms with Crippen molar-refractivity contribution in [1.29, 1.82) is 0 Å². The molecule has 0 aliphatic carbocycles. The standard InChI is InChI=1S/C25H35ClN4O5/c1-34-25(17-35-15-7-18-4-10-27-11-5-18)8-13-29(14-9-25)23(32)19-2-3-20(26)21(16-19)30-12-6-22(31)28-24(30)33/h2-3,16,18,27H,4-15,17H2,1H3,(H,28,31,33). The molecule has 0 atom stereocenters. The minimum Gasteiger partial charge on any atom is -0.378 e. The van der Waals surface area contributed by atoms with Crippen LogP contribution in [0.1, 0.15) is 48.9 Å². The lowest BCUT2D eigenvalue weighted by Crippen LogP contribution is -2.50. The average Bonchev–Trinajstić information content (AvgIpc) is 2.88. The Kier molecular flexibility index (Phi) is 8.64. The maximum atomic E-state index is 13.2. The van der Waals surface area contributed by atoms with Crippen molar-refractivity contribution in [2.75, 3.05) is 57.9 Å². The molecule has 0 radical (unpaired) electrons. The number of urea groups is 1. The smallest absolute Gasteiger partial charge is 0.328 e. The van der Waals surface area contributed by atoms with E-state index in [1.165, 1.54) is 17.7 Å². The van der Waals surface area contributed by atoms with Crippen molar-refractivity contribution in [3.05, 3.63) is 28.8 Å². The van der Waals surface area contributed by atoms with E-state index in [1.54, 1.807) is 30.2 Å². The first kappa shape index (κ1) is 25.9. The normalized spacial score (nSPS) is 21.2. The summed E-state index contributed by atoms with van der Waals surface area (Å²) in [5.41, 5.74) is 0.499. The van der Waals surface area contributed by atoms with E-state index in [-0.39, 0.29) is 30.4 Å². The van der Waals surface area contributed by atoms with Gasteiger partial charge in [-0.3, -0.25) is 19.8 Å². The Morgan fingerprint density at radius 2 is 1.91 bits per heavy atom. The molecule has 35 heavy (non-hydrogen) atoms. The number of hydrogen-bond donors (Lipinski definition) is 2. The number of amides is 4. The minimum atomic E-state index is -0.532. The Balaban J connectivity index is 1.31. The molecule has 2 N–H and O–H groups in total. The van der Waals surface area contributed by atoms with E-state index < -0.39 is 6.03 Å². The first-order valence-electron chi connectivity index (χ1n) is 12.4. The van der Waals surface area contributed by atoms with Crippen molar-refractivity contribution in [3.8, 4) is 0 Å². The quantitative estimate of drug-likeness (QED) is 0.526. The largest absolute Gasteiger partial charge is 0.378 e. The monoisotopic (exact) mass is 506 g/mol. The van der Waals surface area contributed by atoms with Crippen LogP contribution >= 0.6 is 11.6 Å². The van der Waals surface area contributed by atoms with Crippen molar-refractivity contribution in [3.63, 3.8) is 0 Å². The highest BCUT2D eigenvalue weighted by molar-refractivity contribution is 6.34. The average molecular weight is 507 g/mol. The fourth-order valence-electron chi connectivity index (χ4n) is 5.03. The lowest BCUT2D eigenvalue weighted by Gasteiger charge is -2.40. The topological polar surface area (TPSA) is 100 Å². The van der Waals surface area contributed by atoms with Crippen LogP contribution in [-0.2, 0) is 14.3 Å². The molecule has 3 heterocycles. The second-order valence-electron chi connectivity index (χ2n) is 9.64. The third kappa shape index (κ3) is 6.33. The van der Waals surface area contributed by atoms with E-state index >= 15 is 0 Å². The number of benzene rings is 1. The molecule has 1 aromatic carbocycles. The Hall–Kier alpha value is -2.20. The van der Waals surface area contributed by atoms with Gasteiger partial charge >= 0.3 is 6.03 Å². The van der Waals surface area contributed by atoms with Crippen LogP contribution in [0.2, 0.25) is 5.02 Å². The van der Waals surface area contributed by atoms with Crippen LogP contribution in [0.5, 0.6) is 0 Å². The molecular formula is C25H35ClN4O5. The Bertz CT molecular complexity index is 928. The van der Waals surface area contributed by atoms with E-state index in [9.17, 15) is 14.4 Å². The zero-order valence-corrected chi connectivity index (χ0v) is 21.1.